The zero-order valence-electron chi connectivity index (χ0n) is 65.6. The Labute approximate surface area is 652 Å². The van der Waals surface area contributed by atoms with Crippen molar-refractivity contribution in [2.45, 2.75) is 245 Å². The van der Waals surface area contributed by atoms with Crippen LogP contribution in [0.5, 0.6) is 0 Å². The first-order chi connectivity index (χ1) is 52.7. The Morgan fingerprint density at radius 1 is 0.434 bits per heavy atom. The van der Waals surface area contributed by atoms with Gasteiger partial charge in [0.1, 0.15) is 72.5 Å². The van der Waals surface area contributed by atoms with E-state index in [1.165, 1.54) is 40.2 Å². The molecule has 113 heavy (non-hydrogen) atoms. The lowest BCUT2D eigenvalue weighted by molar-refractivity contribution is -0.143. The summed E-state index contributed by atoms with van der Waals surface area (Å²) in [4.78, 5) is 261. The fourth-order valence-electron chi connectivity index (χ4n) is 10.5. The van der Waals surface area contributed by atoms with E-state index in [-0.39, 0.29) is 62.1 Å². The minimum absolute atomic E-state index is 0.0171. The van der Waals surface area contributed by atoms with Gasteiger partial charge in [0.15, 0.2) is 5.96 Å². The lowest BCUT2D eigenvalue weighted by Crippen LogP contribution is -2.61. The van der Waals surface area contributed by atoms with Crippen LogP contribution < -0.4 is 97.4 Å². The number of rotatable bonds is 54. The highest BCUT2D eigenvalue weighted by Gasteiger charge is 2.39. The molecule has 15 atom stereocenters. The third kappa shape index (κ3) is 38.2. The number of aromatic nitrogens is 2. The van der Waals surface area contributed by atoms with Crippen molar-refractivity contribution in [3.05, 3.63) is 18.2 Å². The monoisotopic (exact) mass is 1610 g/mol. The summed E-state index contributed by atoms with van der Waals surface area (Å²) in [6.07, 6.45) is -1.67. The number of H-pyrrole nitrogens is 1. The Hall–Kier alpha value is -11.6. The Kier molecular flexibility index (Phi) is 44.2. The number of imidazole rings is 1. The summed E-state index contributed by atoms with van der Waals surface area (Å²) in [6, 6.07) is -19.6. The molecule has 0 radical (unpaired) electrons. The van der Waals surface area contributed by atoms with Gasteiger partial charge in [-0.3, -0.25) is 91.3 Å². The molecule has 0 bridgehead atoms. The number of hydrogen-bond donors (Lipinski definition) is 23. The summed E-state index contributed by atoms with van der Waals surface area (Å²) in [5.41, 5.74) is 22.3. The van der Waals surface area contributed by atoms with Gasteiger partial charge in [0.25, 0.3) is 0 Å². The average Bonchev–Trinajstić information content (AvgIpc) is 0.921. The standard InChI is InChI=1S/C69H115N21O23/c1-13-34(9)54(89-63(107)45(26-51(98)99)86-57(101)37(12)79-59(103)40(18-21-49(94)95)84-64(108)52(71)32(5)6)66(110)80-36(11)56(100)76-28-48(93)82-44(25-38-27-74-30-78-38)58(102)77-29-47(92)81-39(17-20-46(70)91)60(104)83-41(19-22-50(96)97)61(105)88-53(33(7)8)65(109)87-43(24-31(3)4)62(106)90-55(35(10)14-2)67(111)85-42(68(112)113)16-15-23-75-69(72)73/h27,30-37,39-45,52-55H,13-26,28-29,71H2,1-12H3,(H2,70,91)(H,74,78)(H,76,100)(H,77,102)(H,79,103)(H,80,110)(H,81,92)(H,82,93)(H,83,104)(H,84,108)(H,85,111)(H,86,101)(H,87,109)(H,88,105)(H,89,107)(H,90,106)(H,94,95)(H,96,97)(H,98,99)(H,112,113)(H4,72,73,75)/t34-,35-,36-,37-,39-,40-,41-,42-,43-,44-,45-,52-,53-,54-,55-/m0/s1. The second kappa shape index (κ2) is 50.3. The fraction of sp³-hybridized carbons (Fsp3) is 0.667. The van der Waals surface area contributed by atoms with Crippen molar-refractivity contribution < 1.29 is 112 Å². The highest BCUT2D eigenvalue weighted by molar-refractivity contribution is 6.00. The Bertz CT molecular complexity index is 3500. The number of carbonyl (C=O) groups is 19. The second-order valence-electron chi connectivity index (χ2n) is 28.4. The molecule has 1 aromatic rings. The van der Waals surface area contributed by atoms with Crippen LogP contribution >= 0.6 is 0 Å². The summed E-state index contributed by atoms with van der Waals surface area (Å²) in [5.74, 6) is -23.7. The molecule has 0 spiro atoms. The van der Waals surface area contributed by atoms with Crippen molar-refractivity contribution in [3.8, 4) is 0 Å². The maximum absolute atomic E-state index is 14.2. The number of aliphatic carboxylic acids is 4. The number of nitrogens with one attached hydrogen (secondary N) is 15. The number of amides is 15. The van der Waals surface area contributed by atoms with Crippen LogP contribution in [0.25, 0.3) is 0 Å². The normalized spacial score (nSPS) is 15.1. The predicted molar refractivity (Wildman–Crippen MR) is 401 cm³/mol. The Morgan fingerprint density at radius 3 is 1.32 bits per heavy atom. The van der Waals surface area contributed by atoms with E-state index in [4.69, 9.17) is 22.9 Å². The number of aliphatic imine (C=N–C) groups is 1. The van der Waals surface area contributed by atoms with Crippen LogP contribution in [0.4, 0.5) is 0 Å². The molecule has 1 aromatic heterocycles. The van der Waals surface area contributed by atoms with E-state index >= 15 is 0 Å². The van der Waals surface area contributed by atoms with E-state index in [1.807, 2.05) is 0 Å². The maximum atomic E-state index is 14.2. The third-order valence-corrected chi connectivity index (χ3v) is 17.6. The molecule has 0 aliphatic rings. The number of primary amides is 1. The molecular formula is C69H115N21O23. The van der Waals surface area contributed by atoms with Gasteiger partial charge in [0.2, 0.25) is 88.6 Å². The van der Waals surface area contributed by atoms with Crippen molar-refractivity contribution in [1.29, 1.82) is 0 Å². The van der Waals surface area contributed by atoms with E-state index in [2.05, 4.69) is 89.4 Å². The summed E-state index contributed by atoms with van der Waals surface area (Å²) in [7, 11) is 0. The van der Waals surface area contributed by atoms with Crippen LogP contribution in [0, 0.1) is 29.6 Å². The van der Waals surface area contributed by atoms with Crippen LogP contribution in [0.3, 0.4) is 0 Å². The molecule has 0 aliphatic carbocycles. The zero-order chi connectivity index (χ0) is 86.3. The lowest BCUT2D eigenvalue weighted by Gasteiger charge is -2.30. The summed E-state index contributed by atoms with van der Waals surface area (Å²) >= 11 is 0. The van der Waals surface area contributed by atoms with E-state index in [0.717, 1.165) is 6.92 Å². The number of aromatic amines is 1. The van der Waals surface area contributed by atoms with Gasteiger partial charge in [-0.2, -0.15) is 0 Å². The molecule has 634 valence electrons. The summed E-state index contributed by atoms with van der Waals surface area (Å²) in [6.45, 7) is 16.9. The molecule has 0 aromatic carbocycles. The Morgan fingerprint density at radius 2 is 0.850 bits per heavy atom. The average molecular weight is 1610 g/mol. The molecule has 1 heterocycles. The molecule has 0 saturated heterocycles. The van der Waals surface area contributed by atoms with Gasteiger partial charge in [0, 0.05) is 44.1 Å². The molecule has 1 rings (SSSR count). The molecule has 0 aliphatic heterocycles. The van der Waals surface area contributed by atoms with Crippen LogP contribution in [0.2, 0.25) is 0 Å². The number of guanidine groups is 1. The van der Waals surface area contributed by atoms with Crippen molar-refractivity contribution in [2.75, 3.05) is 19.6 Å². The summed E-state index contributed by atoms with van der Waals surface area (Å²) < 4.78 is 0. The minimum atomic E-state index is -1.89. The molecule has 0 fully saturated rings. The number of nitrogens with zero attached hydrogens (tertiary/aromatic N) is 2. The number of carboxylic acids is 4. The number of carboxylic acid groups (broad SMARTS) is 4. The third-order valence-electron chi connectivity index (χ3n) is 17.6. The van der Waals surface area contributed by atoms with Crippen molar-refractivity contribution in [1.82, 2.24) is 84.4 Å². The van der Waals surface area contributed by atoms with Crippen LogP contribution in [0.1, 0.15) is 166 Å². The van der Waals surface area contributed by atoms with Gasteiger partial charge in [-0.05, 0) is 82.0 Å². The highest BCUT2D eigenvalue weighted by atomic mass is 16.4. The fourth-order valence-corrected chi connectivity index (χ4v) is 10.5. The maximum Gasteiger partial charge on any atom is 0.326 e. The predicted octanol–water partition coefficient (Wildman–Crippen LogP) is -6.57. The van der Waals surface area contributed by atoms with Gasteiger partial charge < -0.3 is 123 Å². The number of carbonyl (C=O) groups excluding carboxylic acids is 15. The van der Waals surface area contributed by atoms with Gasteiger partial charge in [-0.25, -0.2) is 9.78 Å². The molecule has 15 amide bonds. The highest BCUT2D eigenvalue weighted by Crippen LogP contribution is 2.16. The number of nitrogens with two attached hydrogens (primary N) is 4. The van der Waals surface area contributed by atoms with Gasteiger partial charge in [-0.15, -0.1) is 0 Å². The number of hydrogen-bond acceptors (Lipinski definition) is 22. The zero-order valence-corrected chi connectivity index (χ0v) is 65.6. The Balaban J connectivity index is 3.33. The second-order valence-corrected chi connectivity index (χ2v) is 28.4. The smallest absolute Gasteiger partial charge is 0.326 e. The molecule has 44 nitrogen and oxygen atoms in total. The van der Waals surface area contributed by atoms with Gasteiger partial charge in [0.05, 0.1) is 31.9 Å². The van der Waals surface area contributed by atoms with Crippen molar-refractivity contribution in [2.24, 2.45) is 57.5 Å². The molecule has 0 saturated carbocycles. The molecule has 27 N–H and O–H groups in total. The largest absolute Gasteiger partial charge is 0.481 e. The lowest BCUT2D eigenvalue weighted by atomic mass is 9.95. The first kappa shape index (κ1) is 99.4. The van der Waals surface area contributed by atoms with Gasteiger partial charge in [-0.1, -0.05) is 82.1 Å². The van der Waals surface area contributed by atoms with E-state index in [9.17, 15) is 112 Å². The van der Waals surface area contributed by atoms with E-state index in [0.29, 0.717) is 6.42 Å². The molecular weight excluding hydrogens is 1490 g/mol. The van der Waals surface area contributed by atoms with Crippen LogP contribution in [-0.4, -0.2) is 247 Å². The topological polar surface area (TPSA) is 719 Å². The minimum Gasteiger partial charge on any atom is -0.481 e. The van der Waals surface area contributed by atoms with Crippen LogP contribution in [-0.2, 0) is 97.5 Å². The van der Waals surface area contributed by atoms with Crippen molar-refractivity contribution >= 4 is 118 Å². The summed E-state index contributed by atoms with van der Waals surface area (Å²) in [5, 5.41) is 71.9. The van der Waals surface area contributed by atoms with E-state index in [1.54, 1.807) is 48.5 Å². The van der Waals surface area contributed by atoms with Crippen molar-refractivity contribution in [3.63, 3.8) is 0 Å². The molecule has 44 heteroatoms. The van der Waals surface area contributed by atoms with Gasteiger partial charge >= 0.3 is 23.9 Å². The first-order valence-electron chi connectivity index (χ1n) is 36.9. The molecule has 0 unspecified atom stereocenters. The SMILES string of the molecule is CC[C@H](C)[C@H](NC(=O)[C@H](CC(=O)O)NC(=O)[C@H](C)NC(=O)[C@H](CCC(=O)O)NC(=O)[C@@H](N)C(C)C)C(=O)N[C@@H](C)C(=O)NCC(=O)N[C@@H](Cc1cnc[nH]1)C(=O)NCC(=O)N[C@@H](CCC(N)=O)C(=O)N[C@@H](CCC(=O)O)C(=O)N[C@H](C(=O)N[C@@H](CC(C)C)C(=O)N[C@H](C(=O)N[C@@H](CCCN=C(N)N)C(=O)O)[C@@H](C)CC)C(C)C. The quantitative estimate of drug-likeness (QED) is 0.0164. The van der Waals surface area contributed by atoms with Crippen LogP contribution in [0.15, 0.2) is 17.5 Å². The first-order valence-corrected chi connectivity index (χ1v) is 36.9. The van der Waals surface area contributed by atoms with E-state index < -0.39 is 267 Å².